The second kappa shape index (κ2) is 25.2. The molecule has 18 heteroatoms. The molecule has 5 rings (SSSR count). The predicted octanol–water partition coefficient (Wildman–Crippen LogP) is 2.28. The normalized spacial score (nSPS) is 15.0. The fourth-order valence-corrected chi connectivity index (χ4v) is 6.86. The summed E-state index contributed by atoms with van der Waals surface area (Å²) < 4.78 is 0. The molecule has 1 aliphatic rings. The van der Waals surface area contributed by atoms with Gasteiger partial charge in [-0.05, 0) is 90.0 Å². The maximum absolute atomic E-state index is 13.6. The maximum atomic E-state index is 13.6. The van der Waals surface area contributed by atoms with Gasteiger partial charge in [-0.15, -0.1) is 0 Å². The lowest BCUT2D eigenvalue weighted by Crippen LogP contribution is -2.51. The number of phenols is 2. The SMILES string of the molecule is CCCCN.CCCCc1ccc(-c2ccc(C(=O)N[C@H](CO)C(=O)NCC(=O)NCC(=O)N(C)C3C(=O)NCC(=O)N[C@H](C(=O)O)Cc4ccc(O)c(c4)-c4cc3ccc4O)cc2)cc1. The molecule has 4 aromatic carbocycles. The number of hydrogen-bond acceptors (Lipinski definition) is 11. The number of rotatable bonds is 16. The number of nitrogens with zero attached hydrogens (tertiary/aromatic N) is 1. The molecule has 1 unspecified atom stereocenters. The first kappa shape index (κ1) is 51.3. The summed E-state index contributed by atoms with van der Waals surface area (Å²) in [6.45, 7) is 2.38. The number of aliphatic carboxylic acids is 1. The Balaban J connectivity index is 0.00000180. The first-order chi connectivity index (χ1) is 31.6. The summed E-state index contributed by atoms with van der Waals surface area (Å²) in [5, 5.41) is 52.9. The van der Waals surface area contributed by atoms with Gasteiger partial charge in [0.25, 0.3) is 5.91 Å². The molecule has 4 bridgehead atoms. The van der Waals surface area contributed by atoms with Crippen LogP contribution in [0.2, 0.25) is 0 Å². The van der Waals surface area contributed by atoms with Crippen LogP contribution in [0.4, 0.5) is 0 Å². The highest BCUT2D eigenvalue weighted by atomic mass is 16.4. The van der Waals surface area contributed by atoms with Crippen LogP contribution in [0.3, 0.4) is 0 Å². The highest BCUT2D eigenvalue weighted by Crippen LogP contribution is 2.38. The van der Waals surface area contributed by atoms with Crippen molar-refractivity contribution >= 4 is 41.4 Å². The van der Waals surface area contributed by atoms with Crippen molar-refractivity contribution in [2.24, 2.45) is 5.73 Å². The molecule has 0 fully saturated rings. The Kier molecular flexibility index (Phi) is 19.6. The summed E-state index contributed by atoms with van der Waals surface area (Å²) in [6, 6.07) is 18.8. The topological polar surface area (TPSA) is 290 Å². The zero-order valence-corrected chi connectivity index (χ0v) is 37.3. The van der Waals surface area contributed by atoms with Crippen molar-refractivity contribution in [3.05, 3.63) is 107 Å². The van der Waals surface area contributed by atoms with E-state index < -0.39 is 85.8 Å². The molecular weight excluding hydrogens is 851 g/mol. The van der Waals surface area contributed by atoms with Crippen molar-refractivity contribution in [1.29, 1.82) is 0 Å². The minimum atomic E-state index is -1.47. The second-order valence-corrected chi connectivity index (χ2v) is 15.6. The number of carboxylic acid groups (broad SMARTS) is 1. The Hall–Kier alpha value is -7.31. The molecule has 66 heavy (non-hydrogen) atoms. The standard InChI is InChI=1S/C44H48N6O11.C4H11N/c1-3-4-5-25-6-9-27(10-7-25)28-11-13-29(14-12-28)41(57)49-34(24-51)42(58)46-21-37(54)45-23-39(56)50(2)40-30-15-17-36(53)32(20-30)31-18-26(8-16-35(31)52)19-33(44(60)61)48-38(55)22-47-43(40)59;1-2-3-4-5/h6-18,20,33-34,40,51-53H,3-5,19,21-24H2,1-2H3,(H,45,54)(H,46,58)(H,47,59)(H,48,55)(H,49,57)(H,60,61);2-5H2,1H3/t33-,34+,40?;/m0./s1. The van der Waals surface area contributed by atoms with Crippen LogP contribution >= 0.6 is 0 Å². The van der Waals surface area contributed by atoms with Crippen molar-refractivity contribution in [3.63, 3.8) is 0 Å². The summed E-state index contributed by atoms with van der Waals surface area (Å²) in [5.41, 5.74) is 9.17. The summed E-state index contributed by atoms with van der Waals surface area (Å²) in [7, 11) is 1.25. The van der Waals surface area contributed by atoms with E-state index >= 15 is 0 Å². The first-order valence-electron chi connectivity index (χ1n) is 21.7. The van der Waals surface area contributed by atoms with Crippen LogP contribution in [-0.4, -0.2) is 119 Å². The van der Waals surface area contributed by atoms with E-state index in [-0.39, 0.29) is 40.2 Å². The lowest BCUT2D eigenvalue weighted by Gasteiger charge is -2.28. The molecule has 11 N–H and O–H groups in total. The number of benzene rings is 4. The molecule has 0 radical (unpaired) electrons. The largest absolute Gasteiger partial charge is 0.507 e. The van der Waals surface area contributed by atoms with E-state index in [1.807, 2.05) is 12.1 Å². The smallest absolute Gasteiger partial charge is 0.326 e. The number of aryl methyl sites for hydroxylation is 1. The van der Waals surface area contributed by atoms with Crippen LogP contribution in [0.5, 0.6) is 11.5 Å². The number of nitrogens with two attached hydrogens (primary N) is 1. The molecule has 4 aromatic rings. The molecule has 1 heterocycles. The lowest BCUT2D eigenvalue weighted by molar-refractivity contribution is -0.142. The minimum absolute atomic E-state index is 0.0573. The van der Waals surface area contributed by atoms with Gasteiger partial charge in [0.15, 0.2) is 0 Å². The molecule has 0 aliphatic carbocycles. The molecule has 0 spiro atoms. The predicted molar refractivity (Wildman–Crippen MR) is 246 cm³/mol. The van der Waals surface area contributed by atoms with Crippen molar-refractivity contribution in [2.45, 2.75) is 70.5 Å². The zero-order chi connectivity index (χ0) is 48.3. The van der Waals surface area contributed by atoms with Gasteiger partial charge in [-0.1, -0.05) is 75.2 Å². The van der Waals surface area contributed by atoms with Crippen LogP contribution in [0.25, 0.3) is 22.3 Å². The number of phenolic OH excluding ortho intramolecular Hbond substituents is 2. The average Bonchev–Trinajstić information content (AvgIpc) is 3.31. The first-order valence-corrected chi connectivity index (χ1v) is 21.7. The minimum Gasteiger partial charge on any atom is -0.507 e. The Morgan fingerprint density at radius 2 is 1.44 bits per heavy atom. The van der Waals surface area contributed by atoms with Crippen LogP contribution in [-0.2, 0) is 41.6 Å². The van der Waals surface area contributed by atoms with Crippen molar-refractivity contribution in [1.82, 2.24) is 31.5 Å². The number of carboxylic acids is 1. The van der Waals surface area contributed by atoms with E-state index in [1.54, 1.807) is 24.3 Å². The number of aliphatic hydroxyl groups excluding tert-OH is 1. The summed E-state index contributed by atoms with van der Waals surface area (Å²) in [4.78, 5) is 91.2. The van der Waals surface area contributed by atoms with Crippen molar-refractivity contribution in [2.75, 3.05) is 39.8 Å². The third kappa shape index (κ3) is 14.6. The van der Waals surface area contributed by atoms with Crippen LogP contribution in [0.15, 0.2) is 84.9 Å². The van der Waals surface area contributed by atoms with Crippen LogP contribution in [0.1, 0.15) is 72.6 Å². The number of likely N-dealkylation sites (N-methyl/N-ethyl adjacent to an activating group) is 1. The zero-order valence-electron chi connectivity index (χ0n) is 37.3. The van der Waals surface area contributed by atoms with E-state index in [4.69, 9.17) is 5.73 Å². The summed E-state index contributed by atoms with van der Waals surface area (Å²) >= 11 is 0. The fraction of sp³-hybridized carbons (Fsp3) is 0.354. The summed E-state index contributed by atoms with van der Waals surface area (Å²) in [6.07, 6.45) is 5.42. The fourth-order valence-electron chi connectivity index (χ4n) is 6.86. The van der Waals surface area contributed by atoms with Gasteiger partial charge in [-0.3, -0.25) is 28.8 Å². The summed E-state index contributed by atoms with van der Waals surface area (Å²) in [5.74, 6) is -6.77. The van der Waals surface area contributed by atoms with Crippen molar-refractivity contribution < 1.29 is 54.0 Å². The molecule has 3 atom stereocenters. The molecule has 0 saturated heterocycles. The molecule has 6 amide bonds. The van der Waals surface area contributed by atoms with Gasteiger partial charge >= 0.3 is 5.97 Å². The van der Waals surface area contributed by atoms with Gasteiger partial charge in [0.1, 0.15) is 29.6 Å². The van der Waals surface area contributed by atoms with E-state index in [0.29, 0.717) is 5.56 Å². The number of amides is 6. The van der Waals surface area contributed by atoms with Crippen LogP contribution in [0, 0.1) is 0 Å². The Bertz CT molecular complexity index is 2340. The van der Waals surface area contributed by atoms with E-state index in [9.17, 15) is 54.0 Å². The van der Waals surface area contributed by atoms with E-state index in [0.717, 1.165) is 41.8 Å². The Morgan fingerprint density at radius 1 is 0.818 bits per heavy atom. The van der Waals surface area contributed by atoms with Gasteiger partial charge in [-0.2, -0.15) is 0 Å². The number of aromatic hydroxyl groups is 2. The van der Waals surface area contributed by atoms with E-state index in [1.165, 1.54) is 61.9 Å². The maximum Gasteiger partial charge on any atom is 0.326 e. The second-order valence-electron chi connectivity index (χ2n) is 15.6. The molecule has 352 valence electrons. The quantitative estimate of drug-likeness (QED) is 0.0775. The highest BCUT2D eigenvalue weighted by Gasteiger charge is 2.31. The molecule has 0 saturated carbocycles. The van der Waals surface area contributed by atoms with Gasteiger partial charge in [0, 0.05) is 30.2 Å². The third-order valence-electron chi connectivity index (χ3n) is 10.7. The highest BCUT2D eigenvalue weighted by molar-refractivity contribution is 5.99. The van der Waals surface area contributed by atoms with Gasteiger partial charge in [-0.25, -0.2) is 4.79 Å². The van der Waals surface area contributed by atoms with Crippen LogP contribution < -0.4 is 32.3 Å². The monoisotopic (exact) mass is 909 g/mol. The number of nitrogens with one attached hydrogen (secondary N) is 5. The molecule has 0 aromatic heterocycles. The Labute approximate surface area is 383 Å². The number of aliphatic hydroxyl groups is 1. The van der Waals surface area contributed by atoms with Gasteiger partial charge < -0.3 is 57.6 Å². The number of carbonyl (C=O) groups excluding carboxylic acids is 6. The van der Waals surface area contributed by atoms with Gasteiger partial charge in [0.05, 0.1) is 26.2 Å². The molecule has 18 nitrogen and oxygen atoms in total. The van der Waals surface area contributed by atoms with Crippen molar-refractivity contribution in [3.8, 4) is 33.8 Å². The number of unbranched alkanes of at least 4 members (excludes halogenated alkanes) is 2. The number of carbonyl (C=O) groups is 7. The Morgan fingerprint density at radius 3 is 2.03 bits per heavy atom. The number of fused-ring (bicyclic) bond motifs is 5. The third-order valence-corrected chi connectivity index (χ3v) is 10.7. The average molecular weight is 910 g/mol. The molecular formula is C48H59N7O11. The molecule has 1 aliphatic heterocycles. The lowest BCUT2D eigenvalue weighted by atomic mass is 9.94. The van der Waals surface area contributed by atoms with E-state index in [2.05, 4.69) is 52.6 Å². The number of hydrogen-bond donors (Lipinski definition) is 10. The van der Waals surface area contributed by atoms with Gasteiger partial charge in [0.2, 0.25) is 29.5 Å².